The smallest absolute Gasteiger partial charge is 0.475 e. The van der Waals surface area contributed by atoms with E-state index in [1.807, 2.05) is 19.0 Å². The largest absolute Gasteiger partial charge is 0.490 e. The van der Waals surface area contributed by atoms with Crippen LogP contribution in [0, 0.1) is 24.4 Å². The number of benzene rings is 3. The molecule has 0 saturated heterocycles. The highest BCUT2D eigenvalue weighted by Crippen LogP contribution is 2.39. The lowest BCUT2D eigenvalue weighted by Gasteiger charge is -2.31. The van der Waals surface area contributed by atoms with Crippen molar-refractivity contribution < 1.29 is 45.8 Å². The van der Waals surface area contributed by atoms with E-state index in [-0.39, 0.29) is 24.2 Å². The first kappa shape index (κ1) is 36.1. The zero-order valence-electron chi connectivity index (χ0n) is 26.1. The van der Waals surface area contributed by atoms with Crippen LogP contribution in [0.5, 0.6) is 0 Å². The summed E-state index contributed by atoms with van der Waals surface area (Å²) < 4.78 is 74.8. The van der Waals surface area contributed by atoms with Crippen molar-refractivity contribution in [1.29, 1.82) is 0 Å². The highest BCUT2D eigenvalue weighted by atomic mass is 19.4. The maximum Gasteiger partial charge on any atom is 0.490 e. The molecule has 0 radical (unpaired) electrons. The number of para-hydroxylation sites is 1. The van der Waals surface area contributed by atoms with Gasteiger partial charge in [0.05, 0.1) is 12.2 Å². The van der Waals surface area contributed by atoms with Crippen molar-refractivity contribution in [3.05, 3.63) is 94.8 Å². The second-order valence-electron chi connectivity index (χ2n) is 10.8. The molecule has 0 saturated carbocycles. The van der Waals surface area contributed by atoms with Crippen molar-refractivity contribution >= 4 is 41.0 Å². The molecule has 0 fully saturated rings. The maximum atomic E-state index is 14.9. The fourth-order valence-corrected chi connectivity index (χ4v) is 4.57. The second-order valence-corrected chi connectivity index (χ2v) is 10.8. The van der Waals surface area contributed by atoms with Gasteiger partial charge in [0, 0.05) is 35.5 Å². The van der Waals surface area contributed by atoms with E-state index in [0.717, 1.165) is 17.0 Å². The Kier molecular flexibility index (Phi) is 11.1. The summed E-state index contributed by atoms with van der Waals surface area (Å²) in [5.74, 6) is -5.20. The number of carboxylic acids is 1. The number of amides is 3. The van der Waals surface area contributed by atoms with E-state index in [1.54, 1.807) is 25.1 Å². The predicted molar refractivity (Wildman–Crippen MR) is 168 cm³/mol. The monoisotopic (exact) mass is 689 g/mol. The molecule has 0 spiro atoms. The zero-order chi connectivity index (χ0) is 36.0. The number of halogens is 6. The summed E-state index contributed by atoms with van der Waals surface area (Å²) in [6.45, 7) is 2.93. The van der Waals surface area contributed by atoms with Gasteiger partial charge in [0.15, 0.2) is 5.82 Å². The van der Waals surface area contributed by atoms with Crippen LogP contribution in [-0.2, 0) is 11.3 Å². The van der Waals surface area contributed by atoms with E-state index < -0.39 is 41.3 Å². The van der Waals surface area contributed by atoms with Crippen molar-refractivity contribution in [3.8, 4) is 11.3 Å². The Labute approximate surface area is 275 Å². The Morgan fingerprint density at radius 2 is 1.63 bits per heavy atom. The number of hydrogen-bond acceptors (Lipinski definition) is 7. The van der Waals surface area contributed by atoms with Gasteiger partial charge in [-0.2, -0.15) is 18.2 Å². The van der Waals surface area contributed by atoms with E-state index in [1.165, 1.54) is 30.3 Å². The molecule has 1 aromatic heterocycles. The minimum atomic E-state index is -5.08. The molecule has 3 amide bonds. The minimum Gasteiger partial charge on any atom is -0.475 e. The molecule has 2 heterocycles. The number of nitrogens with zero attached hydrogens (tertiary/aromatic N) is 4. The number of fused-ring (bicyclic) bond motifs is 1. The first-order chi connectivity index (χ1) is 23.1. The summed E-state index contributed by atoms with van der Waals surface area (Å²) >= 11 is 0. The molecule has 17 heteroatoms. The zero-order valence-corrected chi connectivity index (χ0v) is 26.1. The SMILES string of the molecule is Cc1cc(C(=O)Nc2ccc(F)cc2)ccc1-c1nc(NCCN(C)C)nc2c1CNC(=O)N2c1c(F)cccc1F.O=C(O)C(F)(F)F. The van der Waals surface area contributed by atoms with Crippen LogP contribution in [-0.4, -0.2) is 71.2 Å². The number of rotatable bonds is 8. The summed E-state index contributed by atoms with van der Waals surface area (Å²) in [5.41, 5.74) is 2.44. The molecule has 0 aliphatic carbocycles. The highest BCUT2D eigenvalue weighted by molar-refractivity contribution is 6.05. The molecular weight excluding hydrogens is 660 g/mol. The van der Waals surface area contributed by atoms with E-state index >= 15 is 0 Å². The highest BCUT2D eigenvalue weighted by Gasteiger charge is 2.38. The molecule has 3 aromatic carbocycles. The summed E-state index contributed by atoms with van der Waals surface area (Å²) in [6.07, 6.45) is -5.08. The van der Waals surface area contributed by atoms with Gasteiger partial charge in [-0.25, -0.2) is 32.6 Å². The van der Waals surface area contributed by atoms with Crippen LogP contribution in [0.4, 0.5) is 54.3 Å². The fourth-order valence-electron chi connectivity index (χ4n) is 4.57. The number of carboxylic acid groups (broad SMARTS) is 1. The summed E-state index contributed by atoms with van der Waals surface area (Å²) in [6, 6.07) is 13.1. The average molecular weight is 690 g/mol. The van der Waals surface area contributed by atoms with Crippen LogP contribution < -0.4 is 20.9 Å². The van der Waals surface area contributed by atoms with Crippen molar-refractivity contribution in [3.63, 3.8) is 0 Å². The van der Waals surface area contributed by atoms with Gasteiger partial charge in [-0.15, -0.1) is 0 Å². The molecule has 0 atom stereocenters. The molecule has 1 aliphatic heterocycles. The van der Waals surface area contributed by atoms with Crippen molar-refractivity contribution in [2.24, 2.45) is 0 Å². The lowest BCUT2D eigenvalue weighted by Crippen LogP contribution is -2.43. The van der Waals surface area contributed by atoms with Crippen LogP contribution in [0.2, 0.25) is 0 Å². The summed E-state index contributed by atoms with van der Waals surface area (Å²) in [4.78, 5) is 46.9. The van der Waals surface area contributed by atoms with Crippen molar-refractivity contribution in [2.75, 3.05) is 42.7 Å². The van der Waals surface area contributed by atoms with E-state index in [9.17, 15) is 35.9 Å². The summed E-state index contributed by atoms with van der Waals surface area (Å²) in [7, 11) is 3.82. The third-order valence-corrected chi connectivity index (χ3v) is 6.91. The molecule has 0 bridgehead atoms. The predicted octanol–water partition coefficient (Wildman–Crippen LogP) is 6.09. The Hall–Kier alpha value is -5.71. The Bertz CT molecular complexity index is 1850. The number of likely N-dealkylation sites (N-methyl/N-ethyl adjacent to an activating group) is 1. The molecule has 1 aliphatic rings. The topological polar surface area (TPSA) is 140 Å². The number of urea groups is 1. The Balaban J connectivity index is 0.000000698. The number of alkyl halides is 3. The number of aryl methyl sites for hydroxylation is 1. The first-order valence-electron chi connectivity index (χ1n) is 14.4. The van der Waals surface area contributed by atoms with Crippen LogP contribution in [0.3, 0.4) is 0 Å². The van der Waals surface area contributed by atoms with E-state index in [0.29, 0.717) is 46.7 Å². The second kappa shape index (κ2) is 15.0. The van der Waals surface area contributed by atoms with Gasteiger partial charge in [0.25, 0.3) is 5.91 Å². The number of carbonyl (C=O) groups is 3. The van der Waals surface area contributed by atoms with Crippen LogP contribution in [0.25, 0.3) is 11.3 Å². The van der Waals surface area contributed by atoms with Crippen molar-refractivity contribution in [2.45, 2.75) is 19.6 Å². The van der Waals surface area contributed by atoms with Gasteiger partial charge >= 0.3 is 18.2 Å². The molecule has 49 heavy (non-hydrogen) atoms. The minimum absolute atomic E-state index is 0.0142. The normalized spacial score (nSPS) is 12.4. The average Bonchev–Trinajstić information content (AvgIpc) is 3.02. The Morgan fingerprint density at radius 3 is 2.20 bits per heavy atom. The van der Waals surface area contributed by atoms with Gasteiger partial charge in [-0.05, 0) is 75.1 Å². The third-order valence-electron chi connectivity index (χ3n) is 6.91. The van der Waals surface area contributed by atoms with Gasteiger partial charge in [-0.3, -0.25) is 4.79 Å². The third kappa shape index (κ3) is 8.81. The lowest BCUT2D eigenvalue weighted by molar-refractivity contribution is -0.192. The summed E-state index contributed by atoms with van der Waals surface area (Å²) in [5, 5.41) is 15.7. The maximum absolute atomic E-state index is 14.9. The van der Waals surface area contributed by atoms with E-state index in [4.69, 9.17) is 14.9 Å². The standard InChI is InChI=1S/C30H28F3N7O2.C2HF3O2/c1-17-15-18(28(41)36-20-10-8-19(31)9-11-20)7-12-21(17)25-22-16-35-30(42)40(26-23(32)5-4-6-24(26)33)27(22)38-29(37-25)34-13-14-39(2)3;3-2(4,5)1(6)7/h4-12,15H,13-14,16H2,1-3H3,(H,35,42)(H,36,41)(H,34,37,38);(H,6,7). The van der Waals surface area contributed by atoms with Gasteiger partial charge in [-0.1, -0.05) is 12.1 Å². The van der Waals surface area contributed by atoms with Crippen LogP contribution >= 0.6 is 0 Å². The number of carbonyl (C=O) groups excluding carboxylic acids is 2. The molecule has 4 N–H and O–H groups in total. The number of hydrogen-bond donors (Lipinski definition) is 4. The van der Waals surface area contributed by atoms with Crippen LogP contribution in [0.15, 0.2) is 60.7 Å². The fraction of sp³-hybridized carbons (Fsp3) is 0.219. The molecule has 258 valence electrons. The number of aliphatic carboxylic acids is 1. The lowest BCUT2D eigenvalue weighted by atomic mass is 9.98. The molecule has 0 unspecified atom stereocenters. The molecular formula is C32H29F6N7O4. The molecule has 4 aromatic rings. The Morgan fingerprint density at radius 1 is 1.00 bits per heavy atom. The molecule has 5 rings (SSSR count). The van der Waals surface area contributed by atoms with Crippen LogP contribution in [0.1, 0.15) is 21.5 Å². The van der Waals surface area contributed by atoms with Gasteiger partial charge in [0.2, 0.25) is 5.95 Å². The van der Waals surface area contributed by atoms with Crippen molar-refractivity contribution in [1.82, 2.24) is 20.2 Å². The van der Waals surface area contributed by atoms with Gasteiger partial charge < -0.3 is 26.0 Å². The molecule has 11 nitrogen and oxygen atoms in total. The number of aromatic nitrogens is 2. The first-order valence-corrected chi connectivity index (χ1v) is 14.4. The van der Waals surface area contributed by atoms with E-state index in [2.05, 4.69) is 20.9 Å². The number of anilines is 4. The quantitative estimate of drug-likeness (QED) is 0.163. The number of nitrogens with one attached hydrogen (secondary N) is 3. The van der Waals surface area contributed by atoms with Gasteiger partial charge in [0.1, 0.15) is 23.1 Å².